The van der Waals surface area contributed by atoms with Crippen LogP contribution in [-0.4, -0.2) is 22.9 Å². The summed E-state index contributed by atoms with van der Waals surface area (Å²) in [6, 6.07) is 2.48. The van der Waals surface area contributed by atoms with Gasteiger partial charge in [0.2, 0.25) is 5.91 Å². The second-order valence-electron chi connectivity index (χ2n) is 4.77. The topological polar surface area (TPSA) is 44.1 Å². The Bertz CT molecular complexity index is 294. The molecule has 0 radical (unpaired) electrons. The molecule has 3 heteroatoms. The van der Waals surface area contributed by atoms with E-state index < -0.39 is 0 Å². The van der Waals surface area contributed by atoms with Gasteiger partial charge in [-0.3, -0.25) is 4.79 Å². The minimum Gasteiger partial charge on any atom is -0.324 e. The first kappa shape index (κ1) is 10.5. The lowest BCUT2D eigenvalue weighted by Gasteiger charge is -2.27. The molecule has 82 valence electrons. The first-order chi connectivity index (χ1) is 7.24. The summed E-state index contributed by atoms with van der Waals surface area (Å²) in [5, 5.41) is 9.06. The van der Waals surface area contributed by atoms with E-state index in [0.717, 1.165) is 12.8 Å². The Hall–Kier alpha value is -1.04. The monoisotopic (exact) mass is 206 g/mol. The third kappa shape index (κ3) is 1.86. The summed E-state index contributed by atoms with van der Waals surface area (Å²) in [5.74, 6) is 0.664. The molecule has 2 rings (SSSR count). The molecule has 1 amide bonds. The molecular formula is C12H18N2O. The van der Waals surface area contributed by atoms with Gasteiger partial charge in [-0.25, -0.2) is 0 Å². The summed E-state index contributed by atoms with van der Waals surface area (Å²) in [6.45, 7) is 1.59. The van der Waals surface area contributed by atoms with Crippen LogP contribution < -0.4 is 0 Å². The lowest BCUT2D eigenvalue weighted by Crippen LogP contribution is -2.40. The van der Waals surface area contributed by atoms with Crippen molar-refractivity contribution in [2.75, 3.05) is 0 Å². The lowest BCUT2D eigenvalue weighted by atomic mass is 9.94. The fourth-order valence-corrected chi connectivity index (χ4v) is 3.21. The van der Waals surface area contributed by atoms with Crippen LogP contribution >= 0.6 is 0 Å². The zero-order valence-corrected chi connectivity index (χ0v) is 9.28. The van der Waals surface area contributed by atoms with E-state index in [-0.39, 0.29) is 11.9 Å². The van der Waals surface area contributed by atoms with E-state index >= 15 is 0 Å². The highest BCUT2D eigenvalue weighted by Gasteiger charge is 2.42. The van der Waals surface area contributed by atoms with Gasteiger partial charge in [-0.15, -0.1) is 0 Å². The van der Waals surface area contributed by atoms with Crippen LogP contribution in [-0.2, 0) is 4.79 Å². The molecule has 1 heterocycles. The second-order valence-corrected chi connectivity index (χ2v) is 4.77. The second kappa shape index (κ2) is 4.22. The zero-order valence-electron chi connectivity index (χ0n) is 9.28. The van der Waals surface area contributed by atoms with E-state index in [1.165, 1.54) is 25.7 Å². The van der Waals surface area contributed by atoms with E-state index in [1.807, 2.05) is 4.90 Å². The largest absolute Gasteiger partial charge is 0.324 e. The molecule has 0 aromatic rings. The van der Waals surface area contributed by atoms with Gasteiger partial charge >= 0.3 is 0 Å². The highest BCUT2D eigenvalue weighted by molar-refractivity contribution is 5.75. The molecule has 0 aromatic carbocycles. The van der Waals surface area contributed by atoms with Gasteiger partial charge in [-0.2, -0.15) is 5.26 Å². The van der Waals surface area contributed by atoms with Gasteiger partial charge < -0.3 is 4.90 Å². The Labute approximate surface area is 91.1 Å². The van der Waals surface area contributed by atoms with Gasteiger partial charge in [0.05, 0.1) is 6.07 Å². The first-order valence-electron chi connectivity index (χ1n) is 5.92. The van der Waals surface area contributed by atoms with Gasteiger partial charge in [-0.1, -0.05) is 19.3 Å². The average Bonchev–Trinajstić information content (AvgIpc) is 2.42. The summed E-state index contributed by atoms with van der Waals surface area (Å²) in [7, 11) is 0. The van der Waals surface area contributed by atoms with E-state index in [9.17, 15) is 4.79 Å². The normalized spacial score (nSPS) is 35.5. The molecule has 3 nitrogen and oxygen atoms in total. The predicted octanol–water partition coefficient (Wildman–Crippen LogP) is 2.08. The Morgan fingerprint density at radius 3 is 2.73 bits per heavy atom. The molecule has 0 spiro atoms. The number of carbonyl (C=O) groups excluding carboxylic acids is 1. The van der Waals surface area contributed by atoms with Gasteiger partial charge in [0, 0.05) is 13.0 Å². The quantitative estimate of drug-likeness (QED) is 0.609. The predicted molar refractivity (Wildman–Crippen MR) is 56.9 cm³/mol. The molecule has 0 bridgehead atoms. The molecule has 2 aliphatic rings. The smallest absolute Gasteiger partial charge is 0.220 e. The van der Waals surface area contributed by atoms with Crippen LogP contribution in [0.25, 0.3) is 0 Å². The van der Waals surface area contributed by atoms with Crippen molar-refractivity contribution in [3.8, 4) is 6.07 Å². The summed E-state index contributed by atoms with van der Waals surface area (Å²) in [6.07, 6.45) is 6.97. The molecule has 1 saturated carbocycles. The Morgan fingerprint density at radius 1 is 1.33 bits per heavy atom. The first-order valence-corrected chi connectivity index (χ1v) is 5.92. The standard InChI is InChI=1S/C12H18N2O/c1-9(15)14-11(8-13)7-10-5-3-2-4-6-12(10)14/h10-12H,2-7H2,1H3/t10-,11?,12-/m1/s1. The highest BCUT2D eigenvalue weighted by Crippen LogP contribution is 2.38. The number of likely N-dealkylation sites (tertiary alicyclic amines) is 1. The van der Waals surface area contributed by atoms with E-state index in [0.29, 0.717) is 12.0 Å². The van der Waals surface area contributed by atoms with Crippen LogP contribution in [0.3, 0.4) is 0 Å². The van der Waals surface area contributed by atoms with Crippen molar-refractivity contribution in [3.63, 3.8) is 0 Å². The number of amides is 1. The van der Waals surface area contributed by atoms with Crippen LogP contribution in [0.1, 0.15) is 45.4 Å². The molecule has 1 aliphatic carbocycles. The van der Waals surface area contributed by atoms with Crippen molar-refractivity contribution in [2.45, 2.75) is 57.5 Å². The molecule has 0 aromatic heterocycles. The molecule has 1 unspecified atom stereocenters. The average molecular weight is 206 g/mol. The zero-order chi connectivity index (χ0) is 10.8. The van der Waals surface area contributed by atoms with Crippen molar-refractivity contribution < 1.29 is 4.79 Å². The number of nitriles is 1. The van der Waals surface area contributed by atoms with Crippen molar-refractivity contribution in [3.05, 3.63) is 0 Å². The van der Waals surface area contributed by atoms with Crippen molar-refractivity contribution >= 4 is 5.91 Å². The molecule has 3 atom stereocenters. The van der Waals surface area contributed by atoms with E-state index in [2.05, 4.69) is 6.07 Å². The summed E-state index contributed by atoms with van der Waals surface area (Å²) in [5.41, 5.74) is 0. The summed E-state index contributed by atoms with van der Waals surface area (Å²) < 4.78 is 0. The van der Waals surface area contributed by atoms with Gasteiger partial charge in [0.15, 0.2) is 0 Å². The van der Waals surface area contributed by atoms with Crippen LogP contribution in [0.4, 0.5) is 0 Å². The van der Waals surface area contributed by atoms with Gasteiger partial charge in [-0.05, 0) is 25.2 Å². The fourth-order valence-electron chi connectivity index (χ4n) is 3.21. The van der Waals surface area contributed by atoms with Crippen molar-refractivity contribution in [2.24, 2.45) is 5.92 Å². The number of hydrogen-bond acceptors (Lipinski definition) is 2. The Balaban J connectivity index is 2.19. The number of hydrogen-bond donors (Lipinski definition) is 0. The number of fused-ring (bicyclic) bond motifs is 1. The fraction of sp³-hybridized carbons (Fsp3) is 0.833. The van der Waals surface area contributed by atoms with Gasteiger partial charge in [0.1, 0.15) is 6.04 Å². The molecule has 15 heavy (non-hydrogen) atoms. The molecule has 1 saturated heterocycles. The summed E-state index contributed by atoms with van der Waals surface area (Å²) in [4.78, 5) is 13.4. The summed E-state index contributed by atoms with van der Waals surface area (Å²) >= 11 is 0. The third-order valence-electron chi connectivity index (χ3n) is 3.85. The Kier molecular flexibility index (Phi) is 2.95. The third-order valence-corrected chi connectivity index (χ3v) is 3.85. The molecular weight excluding hydrogens is 188 g/mol. The van der Waals surface area contributed by atoms with Crippen molar-refractivity contribution in [1.82, 2.24) is 4.90 Å². The molecule has 1 aliphatic heterocycles. The maximum atomic E-state index is 11.6. The van der Waals surface area contributed by atoms with E-state index in [4.69, 9.17) is 5.26 Å². The van der Waals surface area contributed by atoms with Crippen LogP contribution in [0.2, 0.25) is 0 Å². The van der Waals surface area contributed by atoms with Crippen LogP contribution in [0.5, 0.6) is 0 Å². The van der Waals surface area contributed by atoms with Crippen LogP contribution in [0.15, 0.2) is 0 Å². The minimum absolute atomic E-state index is 0.0796. The maximum absolute atomic E-state index is 11.6. The maximum Gasteiger partial charge on any atom is 0.220 e. The SMILES string of the molecule is CC(=O)N1C(C#N)C[C@H]2CCCCC[C@H]21. The highest BCUT2D eigenvalue weighted by atomic mass is 16.2. The van der Waals surface area contributed by atoms with Gasteiger partial charge in [0.25, 0.3) is 0 Å². The lowest BCUT2D eigenvalue weighted by molar-refractivity contribution is -0.131. The van der Waals surface area contributed by atoms with E-state index in [1.54, 1.807) is 6.92 Å². The number of nitrogens with zero attached hydrogens (tertiary/aromatic N) is 2. The van der Waals surface area contributed by atoms with Crippen LogP contribution in [0, 0.1) is 17.2 Å². The Morgan fingerprint density at radius 2 is 2.07 bits per heavy atom. The minimum atomic E-state index is -0.157. The number of rotatable bonds is 0. The van der Waals surface area contributed by atoms with Crippen molar-refractivity contribution in [1.29, 1.82) is 5.26 Å². The molecule has 0 N–H and O–H groups in total. The molecule has 2 fully saturated rings. The number of carbonyl (C=O) groups is 1.